The number of amides is 1. The van der Waals surface area contributed by atoms with Crippen LogP contribution in [-0.2, 0) is 27.9 Å². The number of nitrogens with zero attached hydrogens (tertiary/aromatic N) is 4. The van der Waals surface area contributed by atoms with Crippen molar-refractivity contribution >= 4 is 12.1 Å². The molecule has 0 N–H and O–H groups in total. The normalized spacial score (nSPS) is 20.2. The van der Waals surface area contributed by atoms with Crippen molar-refractivity contribution in [2.24, 2.45) is 13.0 Å². The summed E-state index contributed by atoms with van der Waals surface area (Å²) >= 11 is 0. The van der Waals surface area contributed by atoms with E-state index in [1.54, 1.807) is 15.8 Å². The lowest BCUT2D eigenvalue weighted by molar-refractivity contribution is -0.154. The minimum absolute atomic E-state index is 0.0463. The summed E-state index contributed by atoms with van der Waals surface area (Å²) in [6.07, 6.45) is 8.99. The fraction of sp³-hybridized carbons (Fsp3) is 0.643. The summed E-state index contributed by atoms with van der Waals surface area (Å²) in [4.78, 5) is 31.5. The minimum Gasteiger partial charge on any atom is -0.489 e. The lowest BCUT2D eigenvalue weighted by Crippen LogP contribution is -2.35. The van der Waals surface area contributed by atoms with Gasteiger partial charge in [0.1, 0.15) is 12.4 Å². The van der Waals surface area contributed by atoms with Gasteiger partial charge in [-0.15, -0.1) is 0 Å². The molecule has 2 aromatic rings. The number of rotatable bonds is 8. The Hall–Kier alpha value is -3.10. The summed E-state index contributed by atoms with van der Waals surface area (Å²) in [7, 11) is 3.65. The van der Waals surface area contributed by atoms with Gasteiger partial charge in [-0.3, -0.25) is 9.48 Å². The Morgan fingerprint density at radius 3 is 2.59 bits per heavy atom. The molecule has 0 aromatic carbocycles. The molecule has 0 bridgehead atoms. The SMILES string of the molecule is Cc1nc(-c2cnn(C)c2COC(=O)N(C)C2CCCC2)ccc1O[C@H]1CCC[C@H](C(=O)OC(C)C)C1. The molecule has 0 saturated heterocycles. The first kappa shape index (κ1) is 26.9. The Kier molecular flexibility index (Phi) is 8.71. The van der Waals surface area contributed by atoms with Crippen LogP contribution in [0.1, 0.15) is 76.6 Å². The minimum atomic E-state index is -0.310. The second-order valence-corrected chi connectivity index (χ2v) is 10.6. The molecule has 202 valence electrons. The third-order valence-electron chi connectivity index (χ3n) is 7.47. The molecule has 37 heavy (non-hydrogen) atoms. The summed E-state index contributed by atoms with van der Waals surface area (Å²) in [5, 5.41) is 4.38. The highest BCUT2D eigenvalue weighted by Crippen LogP contribution is 2.32. The molecule has 2 heterocycles. The number of hydrogen-bond acceptors (Lipinski definition) is 7. The van der Waals surface area contributed by atoms with Crippen LogP contribution in [0.4, 0.5) is 4.79 Å². The van der Waals surface area contributed by atoms with E-state index in [4.69, 9.17) is 19.2 Å². The van der Waals surface area contributed by atoms with Crippen LogP contribution < -0.4 is 4.74 Å². The van der Waals surface area contributed by atoms with Gasteiger partial charge in [0.25, 0.3) is 0 Å². The maximum atomic E-state index is 12.6. The first-order chi connectivity index (χ1) is 17.7. The van der Waals surface area contributed by atoms with Crippen molar-refractivity contribution in [3.8, 4) is 17.0 Å². The average molecular weight is 513 g/mol. The van der Waals surface area contributed by atoms with Crippen molar-refractivity contribution in [2.45, 2.75) is 97.0 Å². The highest BCUT2D eigenvalue weighted by molar-refractivity contribution is 5.72. The van der Waals surface area contributed by atoms with Crippen molar-refractivity contribution in [3.05, 3.63) is 29.7 Å². The van der Waals surface area contributed by atoms with E-state index in [0.717, 1.165) is 67.6 Å². The lowest BCUT2D eigenvalue weighted by atomic mass is 9.87. The first-order valence-corrected chi connectivity index (χ1v) is 13.5. The van der Waals surface area contributed by atoms with Gasteiger partial charge in [-0.1, -0.05) is 12.8 Å². The maximum Gasteiger partial charge on any atom is 0.410 e. The van der Waals surface area contributed by atoms with E-state index in [9.17, 15) is 9.59 Å². The van der Waals surface area contributed by atoms with Gasteiger partial charge >= 0.3 is 12.1 Å². The van der Waals surface area contributed by atoms with E-state index in [1.165, 1.54) is 0 Å². The molecule has 1 amide bonds. The van der Waals surface area contributed by atoms with E-state index in [-0.39, 0.29) is 42.8 Å². The zero-order chi connectivity index (χ0) is 26.5. The fourth-order valence-electron chi connectivity index (χ4n) is 5.32. The van der Waals surface area contributed by atoms with Crippen LogP contribution in [0.3, 0.4) is 0 Å². The van der Waals surface area contributed by atoms with Crippen LogP contribution in [-0.4, -0.2) is 57.0 Å². The molecule has 2 aliphatic carbocycles. The monoisotopic (exact) mass is 512 g/mol. The number of aromatic nitrogens is 3. The Balaban J connectivity index is 1.40. The van der Waals surface area contributed by atoms with E-state index in [0.29, 0.717) is 12.2 Å². The number of carbonyl (C=O) groups is 2. The molecule has 2 saturated carbocycles. The van der Waals surface area contributed by atoms with E-state index in [1.807, 2.05) is 47.0 Å². The Labute approximate surface area is 219 Å². The highest BCUT2D eigenvalue weighted by atomic mass is 16.6. The Bertz CT molecular complexity index is 1090. The van der Waals surface area contributed by atoms with Crippen molar-refractivity contribution in [2.75, 3.05) is 7.05 Å². The molecular weight excluding hydrogens is 472 g/mol. The van der Waals surface area contributed by atoms with Crippen LogP contribution in [0.15, 0.2) is 18.3 Å². The molecule has 9 heteroatoms. The van der Waals surface area contributed by atoms with Gasteiger partial charge in [0, 0.05) is 25.7 Å². The van der Waals surface area contributed by atoms with Crippen molar-refractivity contribution in [3.63, 3.8) is 0 Å². The van der Waals surface area contributed by atoms with Crippen molar-refractivity contribution in [1.29, 1.82) is 0 Å². The van der Waals surface area contributed by atoms with Gasteiger partial charge < -0.3 is 19.1 Å². The molecule has 0 radical (unpaired) electrons. The van der Waals surface area contributed by atoms with Gasteiger partial charge in [-0.05, 0) is 71.4 Å². The van der Waals surface area contributed by atoms with Crippen LogP contribution in [0, 0.1) is 12.8 Å². The smallest absolute Gasteiger partial charge is 0.410 e. The molecule has 0 spiro atoms. The van der Waals surface area contributed by atoms with E-state index in [2.05, 4.69) is 5.10 Å². The fourth-order valence-corrected chi connectivity index (χ4v) is 5.32. The second kappa shape index (κ2) is 12.0. The number of aryl methyl sites for hydroxylation is 2. The summed E-state index contributed by atoms with van der Waals surface area (Å²) in [5.41, 5.74) is 3.11. The molecule has 2 aromatic heterocycles. The number of ether oxygens (including phenoxy) is 3. The van der Waals surface area contributed by atoms with E-state index >= 15 is 0 Å². The second-order valence-electron chi connectivity index (χ2n) is 10.6. The topological polar surface area (TPSA) is 95.8 Å². The number of pyridine rings is 1. The average Bonchev–Trinajstić information content (AvgIpc) is 3.53. The summed E-state index contributed by atoms with van der Waals surface area (Å²) in [5.74, 6) is 0.455. The van der Waals surface area contributed by atoms with Crippen molar-refractivity contribution < 1.29 is 23.8 Å². The standard InChI is InChI=1S/C28H40N4O5/c1-18(2)36-27(33)20-9-8-12-22(15-20)37-26-14-13-24(30-19(26)3)23-16-29-32(5)25(23)17-35-28(34)31(4)21-10-6-7-11-21/h13-14,16,18,20-22H,6-12,15,17H2,1-5H3/t20-,22-/m0/s1. The first-order valence-electron chi connectivity index (χ1n) is 13.5. The number of hydrogen-bond donors (Lipinski definition) is 0. The molecule has 2 atom stereocenters. The van der Waals surface area contributed by atoms with Gasteiger partial charge in [-0.25, -0.2) is 9.78 Å². The molecule has 0 aliphatic heterocycles. The van der Waals surface area contributed by atoms with Crippen LogP contribution in [0.5, 0.6) is 5.75 Å². The van der Waals surface area contributed by atoms with E-state index < -0.39 is 0 Å². The third-order valence-corrected chi connectivity index (χ3v) is 7.47. The summed E-state index contributed by atoms with van der Waals surface area (Å²) in [6, 6.07) is 4.09. The Morgan fingerprint density at radius 2 is 1.89 bits per heavy atom. The molecule has 9 nitrogen and oxygen atoms in total. The molecule has 4 rings (SSSR count). The summed E-state index contributed by atoms with van der Waals surface area (Å²) < 4.78 is 19.1. The van der Waals surface area contributed by atoms with Crippen molar-refractivity contribution in [1.82, 2.24) is 19.7 Å². The number of carbonyl (C=O) groups excluding carboxylic acids is 2. The van der Waals surface area contributed by atoms with Gasteiger partial charge in [0.2, 0.25) is 0 Å². The van der Waals surface area contributed by atoms with Crippen LogP contribution in [0.2, 0.25) is 0 Å². The molecular formula is C28H40N4O5. The molecule has 2 fully saturated rings. The third kappa shape index (κ3) is 6.62. The number of esters is 1. The zero-order valence-electron chi connectivity index (χ0n) is 22.7. The van der Waals surface area contributed by atoms with Gasteiger partial charge in [0.05, 0.1) is 41.4 Å². The van der Waals surface area contributed by atoms with Gasteiger partial charge in [-0.2, -0.15) is 5.10 Å². The molecule has 0 unspecified atom stereocenters. The predicted molar refractivity (Wildman–Crippen MR) is 139 cm³/mol. The lowest BCUT2D eigenvalue weighted by Gasteiger charge is -2.29. The van der Waals surface area contributed by atoms with Gasteiger partial charge in [0.15, 0.2) is 0 Å². The van der Waals surface area contributed by atoms with Crippen LogP contribution in [0.25, 0.3) is 11.3 Å². The largest absolute Gasteiger partial charge is 0.489 e. The van der Waals surface area contributed by atoms with Crippen LogP contribution >= 0.6 is 0 Å². The zero-order valence-corrected chi connectivity index (χ0v) is 22.7. The quantitative estimate of drug-likeness (QED) is 0.449. The molecule has 2 aliphatic rings. The maximum absolute atomic E-state index is 12.6. The summed E-state index contributed by atoms with van der Waals surface area (Å²) in [6.45, 7) is 5.78. The predicted octanol–water partition coefficient (Wildman–Crippen LogP) is 5.19. The highest BCUT2D eigenvalue weighted by Gasteiger charge is 2.30. The Morgan fingerprint density at radius 1 is 1.14 bits per heavy atom.